The van der Waals surface area contributed by atoms with E-state index in [1.165, 1.54) is 7.11 Å². The molecule has 82 valence electrons. The zero-order chi connectivity index (χ0) is 11.5. The van der Waals surface area contributed by atoms with E-state index in [1.807, 2.05) is 0 Å². The van der Waals surface area contributed by atoms with Crippen molar-refractivity contribution in [3.8, 4) is 0 Å². The van der Waals surface area contributed by atoms with Crippen molar-refractivity contribution in [1.29, 1.82) is 0 Å². The Hall–Kier alpha value is -1.59. The fourth-order valence-corrected chi connectivity index (χ4v) is 1.43. The molecular formula is C10H8ClN3O2. The average Bonchev–Trinajstić information content (AvgIpc) is 2.30. The third kappa shape index (κ3) is 2.00. The molecule has 0 aliphatic heterocycles. The summed E-state index contributed by atoms with van der Waals surface area (Å²) in [5.41, 5.74) is 1.20. The second kappa shape index (κ2) is 4.51. The maximum atomic E-state index is 10.7. The molecule has 1 aromatic heterocycles. The predicted octanol–water partition coefficient (Wildman–Crippen LogP) is 1.56. The second-order valence-corrected chi connectivity index (χ2v) is 3.53. The van der Waals surface area contributed by atoms with Gasteiger partial charge in [0, 0.05) is 12.1 Å². The van der Waals surface area contributed by atoms with Gasteiger partial charge in [0.25, 0.3) is 0 Å². The van der Waals surface area contributed by atoms with Gasteiger partial charge in [0.1, 0.15) is 5.52 Å². The number of rotatable bonds is 3. The van der Waals surface area contributed by atoms with E-state index in [2.05, 4.69) is 15.2 Å². The molecule has 2 aromatic rings. The van der Waals surface area contributed by atoms with Gasteiger partial charge in [-0.15, -0.1) is 10.2 Å². The van der Waals surface area contributed by atoms with Gasteiger partial charge in [-0.1, -0.05) is 11.6 Å². The van der Waals surface area contributed by atoms with Gasteiger partial charge < -0.3 is 4.74 Å². The minimum Gasteiger partial charge on any atom is -0.366 e. The Morgan fingerprint density at radius 3 is 2.88 bits per heavy atom. The highest BCUT2D eigenvalue weighted by Gasteiger charge is 2.13. The van der Waals surface area contributed by atoms with Crippen LogP contribution in [0, 0.1) is 0 Å². The highest BCUT2D eigenvalue weighted by molar-refractivity contribution is 6.31. The normalized spacial score (nSPS) is 12.6. The lowest BCUT2D eigenvalue weighted by Gasteiger charge is -2.06. The number of aldehydes is 1. The lowest BCUT2D eigenvalue weighted by Crippen LogP contribution is -2.09. The number of hydrogen-bond acceptors (Lipinski definition) is 5. The fourth-order valence-electron chi connectivity index (χ4n) is 1.26. The first-order chi connectivity index (χ1) is 7.74. The third-order valence-electron chi connectivity index (χ3n) is 2.06. The lowest BCUT2D eigenvalue weighted by molar-refractivity contribution is -0.117. The van der Waals surface area contributed by atoms with E-state index in [0.717, 1.165) is 0 Å². The monoisotopic (exact) mass is 237 g/mol. The molecule has 0 bridgehead atoms. The molecule has 0 saturated carbocycles. The molecule has 0 N–H and O–H groups in total. The Kier molecular flexibility index (Phi) is 3.07. The average molecular weight is 238 g/mol. The van der Waals surface area contributed by atoms with Gasteiger partial charge in [0.2, 0.25) is 0 Å². The summed E-state index contributed by atoms with van der Waals surface area (Å²) in [6, 6.07) is 5.07. The number of fused-ring (bicyclic) bond motifs is 1. The molecule has 0 aliphatic rings. The van der Waals surface area contributed by atoms with Gasteiger partial charge >= 0.3 is 0 Å². The molecule has 1 atom stereocenters. The van der Waals surface area contributed by atoms with Gasteiger partial charge in [-0.2, -0.15) is 0 Å². The summed E-state index contributed by atoms with van der Waals surface area (Å²) >= 11 is 5.83. The van der Waals surface area contributed by atoms with Crippen LogP contribution in [-0.2, 0) is 9.53 Å². The molecule has 0 spiro atoms. The summed E-state index contributed by atoms with van der Waals surface area (Å²) in [4.78, 5) is 14.8. The summed E-state index contributed by atoms with van der Waals surface area (Å²) < 4.78 is 4.90. The van der Waals surface area contributed by atoms with Crippen molar-refractivity contribution in [2.75, 3.05) is 7.11 Å². The van der Waals surface area contributed by atoms with Crippen LogP contribution >= 0.6 is 11.6 Å². The van der Waals surface area contributed by atoms with Crippen LogP contribution in [0.3, 0.4) is 0 Å². The van der Waals surface area contributed by atoms with Crippen molar-refractivity contribution in [2.45, 2.75) is 6.10 Å². The summed E-state index contributed by atoms with van der Waals surface area (Å²) in [5, 5.41) is 8.30. The fraction of sp³-hybridized carbons (Fsp3) is 0.200. The van der Waals surface area contributed by atoms with Gasteiger partial charge in [-0.05, 0) is 18.2 Å². The quantitative estimate of drug-likeness (QED) is 0.758. The zero-order valence-electron chi connectivity index (χ0n) is 8.42. The maximum Gasteiger partial charge on any atom is 0.188 e. The van der Waals surface area contributed by atoms with Crippen molar-refractivity contribution >= 4 is 28.9 Å². The number of carbonyl (C=O) groups excluding carboxylic acids is 1. The molecule has 2 rings (SSSR count). The molecule has 0 fully saturated rings. The molecular weight excluding hydrogens is 230 g/mol. The van der Waals surface area contributed by atoms with Crippen LogP contribution in [0.4, 0.5) is 0 Å². The van der Waals surface area contributed by atoms with Crippen molar-refractivity contribution < 1.29 is 9.53 Å². The molecule has 6 heteroatoms. The van der Waals surface area contributed by atoms with Crippen LogP contribution in [-0.4, -0.2) is 28.6 Å². The van der Waals surface area contributed by atoms with Crippen LogP contribution in [0.1, 0.15) is 11.9 Å². The molecule has 1 unspecified atom stereocenters. The number of aromatic nitrogens is 3. The summed E-state index contributed by atoms with van der Waals surface area (Å²) in [7, 11) is 1.41. The van der Waals surface area contributed by atoms with Gasteiger partial charge in [0.05, 0.1) is 5.52 Å². The molecule has 1 aromatic carbocycles. The first-order valence-electron chi connectivity index (χ1n) is 4.52. The Bertz CT molecular complexity index is 532. The van der Waals surface area contributed by atoms with Crippen molar-refractivity contribution in [1.82, 2.24) is 15.2 Å². The van der Waals surface area contributed by atoms with E-state index in [4.69, 9.17) is 16.3 Å². The Balaban J connectivity index is 2.53. The third-order valence-corrected chi connectivity index (χ3v) is 2.30. The molecule has 0 aliphatic carbocycles. The van der Waals surface area contributed by atoms with E-state index in [-0.39, 0.29) is 5.82 Å². The Morgan fingerprint density at radius 2 is 2.19 bits per heavy atom. The van der Waals surface area contributed by atoms with E-state index in [1.54, 1.807) is 18.2 Å². The molecule has 0 saturated heterocycles. The minimum absolute atomic E-state index is 0.229. The van der Waals surface area contributed by atoms with Gasteiger partial charge in [-0.25, -0.2) is 4.98 Å². The molecule has 16 heavy (non-hydrogen) atoms. The van der Waals surface area contributed by atoms with Gasteiger partial charge in [0.15, 0.2) is 18.2 Å². The van der Waals surface area contributed by atoms with E-state index < -0.39 is 6.10 Å². The number of methoxy groups -OCH3 is 1. The first-order valence-corrected chi connectivity index (χ1v) is 4.90. The smallest absolute Gasteiger partial charge is 0.188 e. The highest BCUT2D eigenvalue weighted by atomic mass is 35.5. The lowest BCUT2D eigenvalue weighted by atomic mass is 10.3. The predicted molar refractivity (Wildman–Crippen MR) is 58.2 cm³/mol. The summed E-state index contributed by atoms with van der Waals surface area (Å²) in [6.45, 7) is 0. The Labute approximate surface area is 96.4 Å². The van der Waals surface area contributed by atoms with Crippen molar-refractivity contribution in [3.05, 3.63) is 29.0 Å². The first kappa shape index (κ1) is 10.9. The van der Waals surface area contributed by atoms with Gasteiger partial charge in [-0.3, -0.25) is 4.79 Å². The number of ether oxygens (including phenoxy) is 1. The van der Waals surface area contributed by atoms with E-state index in [0.29, 0.717) is 22.3 Å². The van der Waals surface area contributed by atoms with E-state index in [9.17, 15) is 4.79 Å². The standard InChI is InChI=1S/C10H8ClN3O2/c1-16-9(5-15)10-12-8-4-6(11)2-3-7(8)13-14-10/h2-5,9H,1H3. The maximum absolute atomic E-state index is 10.7. The number of hydrogen-bond donors (Lipinski definition) is 0. The zero-order valence-corrected chi connectivity index (χ0v) is 9.18. The van der Waals surface area contributed by atoms with E-state index >= 15 is 0 Å². The molecule has 5 nitrogen and oxygen atoms in total. The summed E-state index contributed by atoms with van der Waals surface area (Å²) in [5.74, 6) is 0.229. The van der Waals surface area contributed by atoms with Crippen LogP contribution in [0.5, 0.6) is 0 Å². The highest BCUT2D eigenvalue weighted by Crippen LogP contribution is 2.17. The largest absolute Gasteiger partial charge is 0.366 e. The Morgan fingerprint density at radius 1 is 1.38 bits per heavy atom. The molecule has 1 heterocycles. The number of benzene rings is 1. The van der Waals surface area contributed by atoms with Crippen molar-refractivity contribution in [3.63, 3.8) is 0 Å². The molecule has 0 amide bonds. The summed E-state index contributed by atoms with van der Waals surface area (Å²) in [6.07, 6.45) is -0.177. The van der Waals surface area contributed by atoms with Crippen LogP contribution in [0.25, 0.3) is 11.0 Å². The number of carbonyl (C=O) groups is 1. The number of halogens is 1. The van der Waals surface area contributed by atoms with Crippen molar-refractivity contribution in [2.24, 2.45) is 0 Å². The van der Waals surface area contributed by atoms with Crippen LogP contribution in [0.2, 0.25) is 5.02 Å². The topological polar surface area (TPSA) is 65.0 Å². The number of nitrogens with zero attached hydrogens (tertiary/aromatic N) is 3. The minimum atomic E-state index is -0.795. The second-order valence-electron chi connectivity index (χ2n) is 3.10. The molecule has 0 radical (unpaired) electrons. The van der Waals surface area contributed by atoms with Crippen LogP contribution < -0.4 is 0 Å². The van der Waals surface area contributed by atoms with Crippen LogP contribution in [0.15, 0.2) is 18.2 Å². The SMILES string of the molecule is COC(C=O)c1nnc2ccc(Cl)cc2n1.